The van der Waals surface area contributed by atoms with Gasteiger partial charge in [0.2, 0.25) is 5.91 Å². The van der Waals surface area contributed by atoms with Crippen molar-refractivity contribution >= 4 is 22.7 Å². The number of para-hydroxylation sites is 2. The summed E-state index contributed by atoms with van der Waals surface area (Å²) in [4.78, 5) is 24.3. The van der Waals surface area contributed by atoms with Gasteiger partial charge in [-0.05, 0) is 68.8 Å². The number of nitrogens with one attached hydrogen (secondary N) is 1. The number of aromatic nitrogens is 2. The first kappa shape index (κ1) is 18.8. The van der Waals surface area contributed by atoms with E-state index < -0.39 is 5.76 Å². The second kappa shape index (κ2) is 7.83. The molecule has 4 rings (SSSR count). The number of carbonyl (C=O) groups is 1. The van der Waals surface area contributed by atoms with Gasteiger partial charge in [0.1, 0.15) is 0 Å². The Hall–Kier alpha value is -3.54. The highest BCUT2D eigenvalue weighted by Crippen LogP contribution is 2.19. The first-order valence-electron chi connectivity index (χ1n) is 9.66. The number of carbonyl (C=O) groups excluding carboxylic acids is 1. The van der Waals surface area contributed by atoms with E-state index in [4.69, 9.17) is 4.42 Å². The fourth-order valence-corrected chi connectivity index (χ4v) is 3.62. The first-order chi connectivity index (χ1) is 14.0. The standard InChI is InChI=1S/C23H23N3O3/c1-16-9-10-17(2)26(16)19-13-11-18(12-14-19)24-22(27)8-5-15-25-20-6-3-4-7-21(20)29-23(25)28/h3-4,6-7,9-14H,5,8,15H2,1-2H3,(H,24,27). The molecule has 2 heterocycles. The molecule has 0 saturated heterocycles. The predicted molar refractivity (Wildman–Crippen MR) is 114 cm³/mol. The van der Waals surface area contributed by atoms with Gasteiger partial charge in [0.05, 0.1) is 5.52 Å². The summed E-state index contributed by atoms with van der Waals surface area (Å²) in [6.07, 6.45) is 0.874. The Bertz CT molecular complexity index is 1190. The van der Waals surface area contributed by atoms with E-state index >= 15 is 0 Å². The third kappa shape index (κ3) is 3.87. The smallest absolute Gasteiger partial charge is 0.408 e. The Kier molecular flexibility index (Phi) is 5.08. The van der Waals surface area contributed by atoms with Crippen LogP contribution in [0.3, 0.4) is 0 Å². The van der Waals surface area contributed by atoms with Crippen molar-refractivity contribution < 1.29 is 9.21 Å². The maximum absolute atomic E-state index is 12.3. The molecule has 1 amide bonds. The molecule has 0 fully saturated rings. The van der Waals surface area contributed by atoms with Crippen molar-refractivity contribution in [1.82, 2.24) is 9.13 Å². The number of hydrogen-bond donors (Lipinski definition) is 1. The average Bonchev–Trinajstić information content (AvgIpc) is 3.21. The Balaban J connectivity index is 1.35. The van der Waals surface area contributed by atoms with Crippen molar-refractivity contribution in [2.75, 3.05) is 5.32 Å². The lowest BCUT2D eigenvalue weighted by Gasteiger charge is -2.11. The normalized spacial score (nSPS) is 11.1. The molecule has 6 heteroatoms. The van der Waals surface area contributed by atoms with E-state index in [1.807, 2.05) is 42.5 Å². The maximum Gasteiger partial charge on any atom is 0.419 e. The van der Waals surface area contributed by atoms with E-state index in [0.29, 0.717) is 25.0 Å². The quantitative estimate of drug-likeness (QED) is 0.531. The van der Waals surface area contributed by atoms with Crippen LogP contribution in [-0.2, 0) is 11.3 Å². The molecule has 0 aliphatic carbocycles. The highest BCUT2D eigenvalue weighted by Gasteiger charge is 2.10. The minimum absolute atomic E-state index is 0.0769. The van der Waals surface area contributed by atoms with Crippen molar-refractivity contribution in [2.24, 2.45) is 0 Å². The number of oxazole rings is 1. The van der Waals surface area contributed by atoms with Crippen LogP contribution in [-0.4, -0.2) is 15.0 Å². The van der Waals surface area contributed by atoms with E-state index in [1.54, 1.807) is 10.6 Å². The van der Waals surface area contributed by atoms with E-state index in [2.05, 4.69) is 35.9 Å². The Morgan fingerprint density at radius 2 is 1.66 bits per heavy atom. The maximum atomic E-state index is 12.3. The van der Waals surface area contributed by atoms with E-state index in [-0.39, 0.29) is 5.91 Å². The minimum atomic E-state index is -0.391. The summed E-state index contributed by atoms with van der Waals surface area (Å²) in [6, 6.07) is 19.3. The lowest BCUT2D eigenvalue weighted by atomic mass is 10.2. The van der Waals surface area contributed by atoms with Gasteiger partial charge >= 0.3 is 5.76 Å². The summed E-state index contributed by atoms with van der Waals surface area (Å²) in [5.41, 5.74) is 5.48. The Labute approximate surface area is 168 Å². The van der Waals surface area contributed by atoms with Crippen molar-refractivity contribution in [3.63, 3.8) is 0 Å². The largest absolute Gasteiger partial charge is 0.419 e. The highest BCUT2D eigenvalue weighted by atomic mass is 16.4. The molecule has 1 N–H and O–H groups in total. The number of anilines is 1. The first-order valence-corrected chi connectivity index (χ1v) is 9.66. The summed E-state index contributed by atoms with van der Waals surface area (Å²) in [6.45, 7) is 4.57. The van der Waals surface area contributed by atoms with Crippen LogP contribution in [0, 0.1) is 13.8 Å². The molecular formula is C23H23N3O3. The number of benzene rings is 2. The van der Waals surface area contributed by atoms with Crippen molar-refractivity contribution in [3.05, 3.63) is 82.6 Å². The number of fused-ring (bicyclic) bond motifs is 1. The van der Waals surface area contributed by atoms with Gasteiger partial charge in [-0.3, -0.25) is 9.36 Å². The third-order valence-corrected chi connectivity index (χ3v) is 5.04. The van der Waals surface area contributed by atoms with E-state index in [1.165, 1.54) is 11.4 Å². The summed E-state index contributed by atoms with van der Waals surface area (Å²) < 4.78 is 8.95. The van der Waals surface area contributed by atoms with Crippen LogP contribution in [0.2, 0.25) is 0 Å². The summed E-state index contributed by atoms with van der Waals surface area (Å²) >= 11 is 0. The van der Waals surface area contributed by atoms with Gasteiger partial charge in [-0.2, -0.15) is 0 Å². The minimum Gasteiger partial charge on any atom is -0.408 e. The SMILES string of the molecule is Cc1ccc(C)n1-c1ccc(NC(=O)CCCn2c(=O)oc3ccccc32)cc1. The van der Waals surface area contributed by atoms with Crippen molar-refractivity contribution in [1.29, 1.82) is 0 Å². The fraction of sp³-hybridized carbons (Fsp3) is 0.217. The Morgan fingerprint density at radius 3 is 2.38 bits per heavy atom. The number of hydrogen-bond acceptors (Lipinski definition) is 3. The van der Waals surface area contributed by atoms with Crippen LogP contribution >= 0.6 is 0 Å². The molecule has 0 spiro atoms. The van der Waals surface area contributed by atoms with Crippen molar-refractivity contribution in [2.45, 2.75) is 33.2 Å². The van der Waals surface area contributed by atoms with Gasteiger partial charge in [-0.25, -0.2) is 4.79 Å². The zero-order valence-electron chi connectivity index (χ0n) is 16.5. The zero-order chi connectivity index (χ0) is 20.4. The molecule has 0 saturated carbocycles. The van der Waals surface area contributed by atoms with Gasteiger partial charge in [-0.1, -0.05) is 12.1 Å². The number of amides is 1. The monoisotopic (exact) mass is 389 g/mol. The van der Waals surface area contributed by atoms with Gasteiger partial charge < -0.3 is 14.3 Å². The summed E-state index contributed by atoms with van der Waals surface area (Å²) in [7, 11) is 0. The van der Waals surface area contributed by atoms with Crippen LogP contribution in [0.1, 0.15) is 24.2 Å². The lowest BCUT2D eigenvalue weighted by Crippen LogP contribution is -2.17. The molecule has 0 aliphatic heterocycles. The molecule has 0 atom stereocenters. The second-order valence-electron chi connectivity index (χ2n) is 7.14. The fourth-order valence-electron chi connectivity index (χ4n) is 3.62. The van der Waals surface area contributed by atoms with Crippen LogP contribution < -0.4 is 11.1 Å². The zero-order valence-corrected chi connectivity index (χ0v) is 16.5. The summed E-state index contributed by atoms with van der Waals surface area (Å²) in [5, 5.41) is 2.92. The molecule has 29 heavy (non-hydrogen) atoms. The van der Waals surface area contributed by atoms with Gasteiger partial charge in [0.15, 0.2) is 5.58 Å². The summed E-state index contributed by atoms with van der Waals surface area (Å²) in [5.74, 6) is -0.468. The third-order valence-electron chi connectivity index (χ3n) is 5.04. The molecule has 2 aromatic heterocycles. The predicted octanol–water partition coefficient (Wildman–Crippen LogP) is 4.42. The molecular weight excluding hydrogens is 366 g/mol. The molecule has 0 aliphatic rings. The van der Waals surface area contributed by atoms with Crippen LogP contribution in [0.4, 0.5) is 5.69 Å². The average molecular weight is 389 g/mol. The molecule has 0 radical (unpaired) electrons. The van der Waals surface area contributed by atoms with Gasteiger partial charge in [0, 0.05) is 35.7 Å². The topological polar surface area (TPSA) is 69.2 Å². The van der Waals surface area contributed by atoms with E-state index in [9.17, 15) is 9.59 Å². The van der Waals surface area contributed by atoms with Gasteiger partial charge in [0.25, 0.3) is 0 Å². The highest BCUT2D eigenvalue weighted by molar-refractivity contribution is 5.90. The van der Waals surface area contributed by atoms with Crippen LogP contribution in [0.15, 0.2) is 69.9 Å². The lowest BCUT2D eigenvalue weighted by molar-refractivity contribution is -0.116. The number of nitrogens with zero attached hydrogens (tertiary/aromatic N) is 2. The van der Waals surface area contributed by atoms with E-state index in [0.717, 1.165) is 16.9 Å². The van der Waals surface area contributed by atoms with Crippen molar-refractivity contribution in [3.8, 4) is 5.69 Å². The molecule has 4 aromatic rings. The second-order valence-corrected chi connectivity index (χ2v) is 7.14. The number of rotatable bonds is 6. The molecule has 2 aromatic carbocycles. The molecule has 148 valence electrons. The molecule has 0 unspecified atom stereocenters. The van der Waals surface area contributed by atoms with Crippen LogP contribution in [0.5, 0.6) is 0 Å². The number of aryl methyl sites for hydroxylation is 3. The van der Waals surface area contributed by atoms with Crippen LogP contribution in [0.25, 0.3) is 16.8 Å². The molecule has 0 bridgehead atoms. The molecule has 6 nitrogen and oxygen atoms in total. The Morgan fingerprint density at radius 1 is 0.966 bits per heavy atom. The van der Waals surface area contributed by atoms with Gasteiger partial charge in [-0.15, -0.1) is 0 Å².